The van der Waals surface area contributed by atoms with Gasteiger partial charge in [0.15, 0.2) is 0 Å². The maximum atomic E-state index is 12.3. The van der Waals surface area contributed by atoms with Gasteiger partial charge in [-0.25, -0.2) is 4.79 Å². The first kappa shape index (κ1) is 17.8. The van der Waals surface area contributed by atoms with Gasteiger partial charge >= 0.3 is 21.6 Å². The molecule has 5 nitrogen and oxygen atoms in total. The van der Waals surface area contributed by atoms with Gasteiger partial charge in [0.2, 0.25) is 0 Å². The van der Waals surface area contributed by atoms with Gasteiger partial charge in [-0.15, -0.1) is 0 Å². The number of ether oxygens (including phenoxy) is 1. The number of rotatable bonds is 5. The second-order valence-corrected chi connectivity index (χ2v) is 5.39. The Morgan fingerprint density at radius 2 is 1.77 bits per heavy atom. The van der Waals surface area contributed by atoms with E-state index >= 15 is 0 Å². The number of benzene rings is 1. The van der Waals surface area contributed by atoms with Crippen LogP contribution in [0, 0.1) is 0 Å². The number of carbonyl (C=O) groups is 1. The molecule has 1 rings (SSSR count). The molecule has 120 valence electrons. The molecular weight excluding hydrogens is 325 g/mol. The summed E-state index contributed by atoms with van der Waals surface area (Å²) in [6.45, 7) is 4.06. The van der Waals surface area contributed by atoms with Crippen LogP contribution in [0.4, 0.5) is 13.2 Å². The first-order valence-corrected chi connectivity index (χ1v) is 7.10. The summed E-state index contributed by atoms with van der Waals surface area (Å²) in [6, 6.07) is 7.37. The third-order valence-corrected chi connectivity index (χ3v) is 3.36. The van der Waals surface area contributed by atoms with Gasteiger partial charge in [-0.05, 0) is 12.5 Å². The lowest BCUT2D eigenvalue weighted by Crippen LogP contribution is -2.25. The minimum Gasteiger partial charge on any atom is -0.431 e. The van der Waals surface area contributed by atoms with Crippen molar-refractivity contribution in [2.45, 2.75) is 12.4 Å². The van der Waals surface area contributed by atoms with E-state index < -0.39 is 32.9 Å². The number of hydrogen-bond acceptors (Lipinski definition) is 5. The van der Waals surface area contributed by atoms with Crippen molar-refractivity contribution in [3.8, 4) is 0 Å². The average Bonchev–Trinajstić information content (AvgIpc) is 2.38. The zero-order valence-corrected chi connectivity index (χ0v) is 12.1. The van der Waals surface area contributed by atoms with E-state index in [2.05, 4.69) is 15.5 Å². The van der Waals surface area contributed by atoms with Crippen LogP contribution in [0.2, 0.25) is 0 Å². The minimum atomic E-state index is -5.89. The fraction of sp³-hybridized carbons (Fsp3) is 0.154. The number of carbonyl (C=O) groups excluding carboxylic acids is 1. The normalized spacial score (nSPS) is 13.1. The lowest BCUT2D eigenvalue weighted by molar-refractivity contribution is -0.131. The molecule has 0 aliphatic rings. The van der Waals surface area contributed by atoms with Gasteiger partial charge in [0.25, 0.3) is 0 Å². The molecule has 0 amide bonds. The second-order valence-electron chi connectivity index (χ2n) is 3.85. The fourth-order valence-electron chi connectivity index (χ4n) is 1.46. The summed E-state index contributed by atoms with van der Waals surface area (Å²) in [5.74, 6) is -1.87. The predicted molar refractivity (Wildman–Crippen MR) is 71.4 cm³/mol. The summed E-state index contributed by atoms with van der Waals surface area (Å²) >= 11 is 0. The molecule has 9 heteroatoms. The van der Waals surface area contributed by atoms with E-state index in [1.165, 1.54) is 24.3 Å². The van der Waals surface area contributed by atoms with E-state index in [-0.39, 0.29) is 5.56 Å². The van der Waals surface area contributed by atoms with Crippen molar-refractivity contribution in [3.05, 3.63) is 54.5 Å². The van der Waals surface area contributed by atoms with E-state index in [4.69, 9.17) is 0 Å². The number of allylic oxidation sites excluding steroid dienone is 1. The van der Waals surface area contributed by atoms with Gasteiger partial charge in [-0.2, -0.15) is 21.6 Å². The average molecular weight is 336 g/mol. The van der Waals surface area contributed by atoms with Gasteiger partial charge in [0, 0.05) is 0 Å². The molecule has 1 aromatic carbocycles. The van der Waals surface area contributed by atoms with Crippen LogP contribution in [-0.4, -0.2) is 19.9 Å². The Morgan fingerprint density at radius 1 is 1.23 bits per heavy atom. The summed E-state index contributed by atoms with van der Waals surface area (Å²) in [6.07, 6.45) is 0.761. The molecule has 0 aliphatic carbocycles. The Balaban J connectivity index is 3.37. The highest BCUT2D eigenvalue weighted by Crippen LogP contribution is 2.29. The van der Waals surface area contributed by atoms with E-state index in [9.17, 15) is 26.4 Å². The Morgan fingerprint density at radius 3 is 2.23 bits per heavy atom. The molecule has 0 spiro atoms. The molecule has 0 heterocycles. The molecule has 0 N–H and O–H groups in total. The molecular formula is C13H11F3O5S. The van der Waals surface area contributed by atoms with Gasteiger partial charge in [-0.3, -0.25) is 0 Å². The van der Waals surface area contributed by atoms with Crippen molar-refractivity contribution in [1.82, 2.24) is 0 Å². The fourth-order valence-corrected chi connectivity index (χ4v) is 1.96. The van der Waals surface area contributed by atoms with Crippen molar-refractivity contribution in [2.24, 2.45) is 0 Å². The molecule has 0 aromatic heterocycles. The number of esters is 1. The smallest absolute Gasteiger partial charge is 0.431 e. The summed E-state index contributed by atoms with van der Waals surface area (Å²) in [4.78, 5) is 11.8. The quantitative estimate of drug-likeness (QED) is 0.272. The number of hydrogen-bond donors (Lipinski definition) is 0. The van der Waals surface area contributed by atoms with Crippen LogP contribution in [0.15, 0.2) is 48.9 Å². The minimum absolute atomic E-state index is 0.129. The third kappa shape index (κ3) is 4.10. The molecule has 1 aromatic rings. The van der Waals surface area contributed by atoms with Crippen LogP contribution in [0.1, 0.15) is 12.5 Å². The van der Waals surface area contributed by atoms with Gasteiger partial charge < -0.3 is 8.92 Å². The molecule has 0 radical (unpaired) electrons. The summed E-state index contributed by atoms with van der Waals surface area (Å²) in [5, 5.41) is 0. The third-order valence-electron chi connectivity index (χ3n) is 2.33. The Kier molecular flexibility index (Phi) is 5.37. The standard InChI is InChI=1S/C13H11F3O5S/c1-3-20-12(17)11(10-7-5-4-6-8-10)9(2)21-22(18,19)13(14,15)16/h3-8H,1H2,2H3/b11-9+. The van der Waals surface area contributed by atoms with Crippen LogP contribution in [0.3, 0.4) is 0 Å². The Labute approximate surface area is 124 Å². The van der Waals surface area contributed by atoms with Crippen LogP contribution in [0.5, 0.6) is 0 Å². The Bertz CT molecular complexity index is 690. The number of alkyl halides is 3. The van der Waals surface area contributed by atoms with Crippen molar-refractivity contribution in [1.29, 1.82) is 0 Å². The van der Waals surface area contributed by atoms with E-state index in [0.717, 1.165) is 13.2 Å². The van der Waals surface area contributed by atoms with Crippen LogP contribution in [0.25, 0.3) is 5.57 Å². The van der Waals surface area contributed by atoms with Crippen molar-refractivity contribution in [2.75, 3.05) is 0 Å². The van der Waals surface area contributed by atoms with Gasteiger partial charge in [0.1, 0.15) is 11.3 Å². The van der Waals surface area contributed by atoms with Crippen molar-refractivity contribution >= 4 is 21.7 Å². The monoisotopic (exact) mass is 336 g/mol. The maximum Gasteiger partial charge on any atom is 0.534 e. The first-order chi connectivity index (χ1) is 10.1. The zero-order chi connectivity index (χ0) is 17.0. The molecule has 0 aliphatic heterocycles. The van der Waals surface area contributed by atoms with Crippen LogP contribution < -0.4 is 0 Å². The van der Waals surface area contributed by atoms with Gasteiger partial charge in [-0.1, -0.05) is 36.9 Å². The van der Waals surface area contributed by atoms with E-state index in [0.29, 0.717) is 0 Å². The maximum absolute atomic E-state index is 12.3. The van der Waals surface area contributed by atoms with Gasteiger partial charge in [0.05, 0.1) is 6.26 Å². The van der Waals surface area contributed by atoms with E-state index in [1.54, 1.807) is 6.07 Å². The summed E-state index contributed by atoms with van der Waals surface area (Å²) in [7, 11) is -5.89. The number of halogens is 3. The molecule has 0 saturated carbocycles. The molecule has 0 bridgehead atoms. The highest BCUT2D eigenvalue weighted by molar-refractivity contribution is 7.87. The second kappa shape index (κ2) is 6.65. The topological polar surface area (TPSA) is 69.7 Å². The highest BCUT2D eigenvalue weighted by atomic mass is 32.2. The molecule has 0 atom stereocenters. The van der Waals surface area contributed by atoms with Crippen LogP contribution >= 0.6 is 0 Å². The molecule has 0 fully saturated rings. The molecule has 0 saturated heterocycles. The Hall–Kier alpha value is -2.29. The zero-order valence-electron chi connectivity index (χ0n) is 11.3. The SMILES string of the molecule is C=COC(=O)/C(=C(\C)OS(=O)(=O)C(F)(F)F)c1ccccc1. The molecule has 22 heavy (non-hydrogen) atoms. The highest BCUT2D eigenvalue weighted by Gasteiger charge is 2.49. The lowest BCUT2D eigenvalue weighted by atomic mass is 10.1. The largest absolute Gasteiger partial charge is 0.534 e. The van der Waals surface area contributed by atoms with Crippen molar-refractivity contribution < 1.29 is 35.3 Å². The first-order valence-electron chi connectivity index (χ1n) is 5.69. The lowest BCUT2D eigenvalue weighted by Gasteiger charge is -2.13. The predicted octanol–water partition coefficient (Wildman–Crippen LogP) is 2.97. The molecule has 0 unspecified atom stereocenters. The van der Waals surface area contributed by atoms with E-state index in [1.807, 2.05) is 0 Å². The summed E-state index contributed by atoms with van der Waals surface area (Å²) < 4.78 is 67.5. The summed E-state index contributed by atoms with van der Waals surface area (Å²) in [5.41, 5.74) is -5.95. The van der Waals surface area contributed by atoms with Crippen LogP contribution in [-0.2, 0) is 23.8 Å². The van der Waals surface area contributed by atoms with Crippen molar-refractivity contribution in [3.63, 3.8) is 0 Å².